The van der Waals surface area contributed by atoms with Gasteiger partial charge in [-0.15, -0.1) is 0 Å². The van der Waals surface area contributed by atoms with Crippen molar-refractivity contribution in [2.45, 2.75) is 58.8 Å². The lowest BCUT2D eigenvalue weighted by Gasteiger charge is -2.20. The maximum atomic E-state index is 11.7. The normalized spacial score (nSPS) is 17.5. The van der Waals surface area contributed by atoms with Crippen molar-refractivity contribution < 1.29 is 9.59 Å². The fraction of sp³-hybridized carbons (Fsp3) is 0.786. The van der Waals surface area contributed by atoms with Crippen LogP contribution in [-0.4, -0.2) is 23.3 Å². The summed E-state index contributed by atoms with van der Waals surface area (Å²) in [6, 6.07) is 2.26. The molecular formula is C14H22N2O2. The number of carbonyl (C=O) groups is 2. The van der Waals surface area contributed by atoms with Gasteiger partial charge in [0.05, 0.1) is 11.5 Å². The molecule has 1 saturated heterocycles. The maximum Gasteiger partial charge on any atom is 0.229 e. The zero-order valence-electron chi connectivity index (χ0n) is 11.4. The Morgan fingerprint density at radius 3 is 2.22 bits per heavy atom. The molecule has 4 nitrogen and oxygen atoms in total. The van der Waals surface area contributed by atoms with Gasteiger partial charge in [-0.05, 0) is 39.5 Å². The first kappa shape index (κ1) is 14.7. The molecule has 1 rings (SSSR count). The summed E-state index contributed by atoms with van der Waals surface area (Å²) in [4.78, 5) is 24.9. The molecule has 0 spiro atoms. The number of rotatable bonds is 5. The second-order valence-corrected chi connectivity index (χ2v) is 5.60. The van der Waals surface area contributed by atoms with Crippen LogP contribution in [0, 0.1) is 16.7 Å². The van der Waals surface area contributed by atoms with Crippen molar-refractivity contribution >= 4 is 11.8 Å². The fourth-order valence-electron chi connectivity index (χ4n) is 2.10. The van der Waals surface area contributed by atoms with Crippen LogP contribution < -0.4 is 0 Å². The highest BCUT2D eigenvalue weighted by atomic mass is 16.2. The molecular weight excluding hydrogens is 228 g/mol. The highest BCUT2D eigenvalue weighted by Crippen LogP contribution is 2.22. The summed E-state index contributed by atoms with van der Waals surface area (Å²) in [5.74, 6) is -0.0610. The predicted octanol–water partition coefficient (Wildman–Crippen LogP) is 2.64. The van der Waals surface area contributed by atoms with Crippen LogP contribution in [0.5, 0.6) is 0 Å². The van der Waals surface area contributed by atoms with Crippen LogP contribution in [0.25, 0.3) is 0 Å². The number of hydrogen-bond donors (Lipinski definition) is 0. The molecule has 1 aliphatic rings. The van der Waals surface area contributed by atoms with Gasteiger partial charge in [-0.2, -0.15) is 5.26 Å². The van der Waals surface area contributed by atoms with E-state index in [4.69, 9.17) is 5.26 Å². The zero-order chi connectivity index (χ0) is 13.6. The van der Waals surface area contributed by atoms with E-state index >= 15 is 0 Å². The number of hydrogen-bond acceptors (Lipinski definition) is 3. The molecule has 0 unspecified atom stereocenters. The van der Waals surface area contributed by atoms with Crippen molar-refractivity contribution in [2.75, 3.05) is 6.54 Å². The predicted molar refractivity (Wildman–Crippen MR) is 68.4 cm³/mol. The van der Waals surface area contributed by atoms with Crippen LogP contribution in [0.15, 0.2) is 0 Å². The Balaban J connectivity index is 2.35. The zero-order valence-corrected chi connectivity index (χ0v) is 11.4. The molecule has 1 fully saturated rings. The summed E-state index contributed by atoms with van der Waals surface area (Å²) >= 11 is 0. The minimum Gasteiger partial charge on any atom is -0.283 e. The number of likely N-dealkylation sites (tertiary alicyclic amines) is 1. The monoisotopic (exact) mass is 250 g/mol. The molecule has 0 aromatic carbocycles. The van der Waals surface area contributed by atoms with E-state index in [1.165, 1.54) is 4.90 Å². The average molecular weight is 250 g/mol. The standard InChI is InChI=1S/C14H22N2O2/c1-14(2,11-15)9-5-6-10-16-12(17)7-3-4-8-13(16)18/h3-10H2,1-2H3. The summed E-state index contributed by atoms with van der Waals surface area (Å²) in [6.07, 6.45) is 5.11. The van der Waals surface area contributed by atoms with Gasteiger partial charge in [0.15, 0.2) is 0 Å². The Morgan fingerprint density at radius 2 is 1.72 bits per heavy atom. The second-order valence-electron chi connectivity index (χ2n) is 5.60. The molecule has 0 saturated carbocycles. The number of imide groups is 1. The molecule has 100 valence electrons. The van der Waals surface area contributed by atoms with Gasteiger partial charge in [-0.1, -0.05) is 6.42 Å². The van der Waals surface area contributed by atoms with Crippen molar-refractivity contribution in [1.82, 2.24) is 4.90 Å². The van der Waals surface area contributed by atoms with Crippen LogP contribution in [-0.2, 0) is 9.59 Å². The second kappa shape index (κ2) is 6.53. The topological polar surface area (TPSA) is 61.2 Å². The summed E-state index contributed by atoms with van der Waals surface area (Å²) < 4.78 is 0. The fourth-order valence-corrected chi connectivity index (χ4v) is 2.10. The van der Waals surface area contributed by atoms with Crippen molar-refractivity contribution in [3.05, 3.63) is 0 Å². The molecule has 0 aliphatic carbocycles. The smallest absolute Gasteiger partial charge is 0.229 e. The summed E-state index contributed by atoms with van der Waals surface area (Å²) in [6.45, 7) is 4.34. The molecule has 0 bridgehead atoms. The van der Waals surface area contributed by atoms with E-state index in [9.17, 15) is 9.59 Å². The molecule has 0 atom stereocenters. The van der Waals surface area contributed by atoms with Gasteiger partial charge >= 0.3 is 0 Å². The maximum absolute atomic E-state index is 11.7. The molecule has 18 heavy (non-hydrogen) atoms. The van der Waals surface area contributed by atoms with Gasteiger partial charge in [-0.25, -0.2) is 0 Å². The van der Waals surface area contributed by atoms with Crippen LogP contribution in [0.1, 0.15) is 58.8 Å². The lowest BCUT2D eigenvalue weighted by Crippen LogP contribution is -2.35. The third kappa shape index (κ3) is 4.48. The van der Waals surface area contributed by atoms with E-state index in [2.05, 4.69) is 6.07 Å². The van der Waals surface area contributed by atoms with Crippen LogP contribution >= 0.6 is 0 Å². The third-order valence-corrected chi connectivity index (χ3v) is 3.37. The first-order valence-electron chi connectivity index (χ1n) is 6.71. The van der Waals surface area contributed by atoms with Gasteiger partial charge < -0.3 is 0 Å². The molecule has 0 aromatic rings. The van der Waals surface area contributed by atoms with E-state index in [1.807, 2.05) is 13.8 Å². The van der Waals surface area contributed by atoms with Gasteiger partial charge in [0.2, 0.25) is 11.8 Å². The minimum absolute atomic E-state index is 0.0305. The molecule has 2 amide bonds. The Kier molecular flexibility index (Phi) is 5.33. The van der Waals surface area contributed by atoms with Crippen molar-refractivity contribution in [2.24, 2.45) is 5.41 Å². The summed E-state index contributed by atoms with van der Waals surface area (Å²) in [7, 11) is 0. The van der Waals surface area contributed by atoms with E-state index in [1.54, 1.807) is 0 Å². The number of nitriles is 1. The summed E-state index contributed by atoms with van der Waals surface area (Å²) in [5, 5.41) is 8.89. The first-order chi connectivity index (χ1) is 8.46. The van der Waals surface area contributed by atoms with Crippen LogP contribution in [0.2, 0.25) is 0 Å². The Labute approximate surface area is 109 Å². The summed E-state index contributed by atoms with van der Waals surface area (Å²) in [5.41, 5.74) is -0.313. The van der Waals surface area contributed by atoms with E-state index in [0.29, 0.717) is 19.4 Å². The molecule has 1 aliphatic heterocycles. The Hall–Kier alpha value is -1.37. The van der Waals surface area contributed by atoms with Crippen molar-refractivity contribution in [3.8, 4) is 6.07 Å². The van der Waals surface area contributed by atoms with Gasteiger partial charge in [0.25, 0.3) is 0 Å². The minimum atomic E-state index is -0.313. The van der Waals surface area contributed by atoms with Gasteiger partial charge in [-0.3, -0.25) is 14.5 Å². The van der Waals surface area contributed by atoms with E-state index < -0.39 is 0 Å². The Bertz CT molecular complexity index is 337. The van der Waals surface area contributed by atoms with Crippen molar-refractivity contribution in [3.63, 3.8) is 0 Å². The van der Waals surface area contributed by atoms with Gasteiger partial charge in [0.1, 0.15) is 0 Å². The molecule has 0 N–H and O–H groups in total. The lowest BCUT2D eigenvalue weighted by atomic mass is 9.89. The number of carbonyl (C=O) groups excluding carboxylic acids is 2. The number of unbranched alkanes of at least 4 members (excludes halogenated alkanes) is 1. The van der Waals surface area contributed by atoms with Crippen molar-refractivity contribution in [1.29, 1.82) is 5.26 Å². The number of nitrogens with zero attached hydrogens (tertiary/aromatic N) is 2. The Morgan fingerprint density at radius 1 is 1.17 bits per heavy atom. The quantitative estimate of drug-likeness (QED) is 0.556. The SMILES string of the molecule is CC(C)(C#N)CCCCN1C(=O)CCCCC1=O. The third-order valence-electron chi connectivity index (χ3n) is 3.37. The average Bonchev–Trinajstić information content (AvgIpc) is 2.48. The first-order valence-corrected chi connectivity index (χ1v) is 6.71. The molecule has 0 radical (unpaired) electrons. The van der Waals surface area contributed by atoms with Crippen LogP contribution in [0.3, 0.4) is 0 Å². The van der Waals surface area contributed by atoms with E-state index in [-0.39, 0.29) is 17.2 Å². The molecule has 1 heterocycles. The highest BCUT2D eigenvalue weighted by molar-refractivity contribution is 5.95. The molecule has 0 aromatic heterocycles. The highest BCUT2D eigenvalue weighted by Gasteiger charge is 2.23. The van der Waals surface area contributed by atoms with E-state index in [0.717, 1.165) is 32.1 Å². The lowest BCUT2D eigenvalue weighted by molar-refractivity contribution is -0.143. The number of amides is 2. The van der Waals surface area contributed by atoms with Gasteiger partial charge in [0, 0.05) is 19.4 Å². The molecule has 4 heteroatoms. The van der Waals surface area contributed by atoms with Crippen LogP contribution in [0.4, 0.5) is 0 Å². The largest absolute Gasteiger partial charge is 0.283 e.